The van der Waals surface area contributed by atoms with E-state index in [1.54, 1.807) is 11.3 Å². The third-order valence-electron chi connectivity index (χ3n) is 2.21. The van der Waals surface area contributed by atoms with E-state index in [2.05, 4.69) is 47.1 Å². The molecule has 0 saturated carbocycles. The van der Waals surface area contributed by atoms with Crippen LogP contribution in [0.15, 0.2) is 35.7 Å². The molecule has 0 aliphatic rings. The van der Waals surface area contributed by atoms with Crippen LogP contribution < -0.4 is 0 Å². The zero-order valence-electron chi connectivity index (χ0n) is 8.21. The maximum atomic E-state index is 6.10. The largest absolute Gasteiger partial charge is 0.146 e. The number of rotatable bonds is 2. The molecule has 0 aliphatic heterocycles. The quantitative estimate of drug-likeness (QED) is 0.669. The molecule has 78 valence electrons. The average Bonchev–Trinajstić information content (AvgIpc) is 2.63. The Morgan fingerprint density at radius 3 is 2.73 bits per heavy atom. The van der Waals surface area contributed by atoms with Crippen molar-refractivity contribution in [1.82, 2.24) is 0 Å². The summed E-state index contributed by atoms with van der Waals surface area (Å²) in [6.07, 6.45) is 0. The minimum atomic E-state index is 0.199. The Kier molecular flexibility index (Phi) is 3.49. The lowest BCUT2D eigenvalue weighted by atomic mass is 10.1. The number of hydrogen-bond donors (Lipinski definition) is 0. The molecule has 1 heterocycles. The van der Waals surface area contributed by atoms with Crippen molar-refractivity contribution < 1.29 is 0 Å². The second kappa shape index (κ2) is 4.69. The number of aryl methyl sites for hydroxylation is 1. The van der Waals surface area contributed by atoms with Crippen LogP contribution in [-0.2, 0) is 0 Å². The van der Waals surface area contributed by atoms with E-state index < -0.39 is 0 Å². The summed E-state index contributed by atoms with van der Waals surface area (Å²) in [6, 6.07) is 10.4. The molecular formula is C12H10BrClS. The van der Waals surface area contributed by atoms with Gasteiger partial charge in [0, 0.05) is 4.88 Å². The Bertz CT molecular complexity index is 464. The van der Waals surface area contributed by atoms with Crippen LogP contribution in [0, 0.1) is 6.92 Å². The molecule has 1 atom stereocenters. The van der Waals surface area contributed by atoms with Crippen molar-refractivity contribution in [3.8, 4) is 0 Å². The molecule has 15 heavy (non-hydrogen) atoms. The Balaban J connectivity index is 2.36. The average molecular weight is 302 g/mol. The summed E-state index contributed by atoms with van der Waals surface area (Å²) in [4.78, 5) is 1.37. The molecule has 2 aromatic rings. The lowest BCUT2D eigenvalue weighted by Crippen LogP contribution is -1.90. The van der Waals surface area contributed by atoms with Gasteiger partial charge in [0.2, 0.25) is 0 Å². The van der Waals surface area contributed by atoms with Gasteiger partial charge in [0.1, 0.15) is 0 Å². The minimum absolute atomic E-state index is 0.199. The highest BCUT2D eigenvalue weighted by Crippen LogP contribution is 2.38. The van der Waals surface area contributed by atoms with Crippen LogP contribution in [0.4, 0.5) is 0 Å². The smallest absolute Gasteiger partial charge is 0.0753 e. The van der Waals surface area contributed by atoms with Crippen molar-refractivity contribution in [3.63, 3.8) is 0 Å². The maximum absolute atomic E-state index is 6.10. The van der Waals surface area contributed by atoms with Crippen LogP contribution in [0.5, 0.6) is 0 Å². The fourth-order valence-corrected chi connectivity index (χ4v) is 3.62. The van der Waals surface area contributed by atoms with Gasteiger partial charge >= 0.3 is 0 Å². The van der Waals surface area contributed by atoms with Crippen LogP contribution in [0.3, 0.4) is 0 Å². The lowest BCUT2D eigenvalue weighted by molar-refractivity contribution is 1.21. The van der Waals surface area contributed by atoms with E-state index in [4.69, 9.17) is 11.6 Å². The zero-order valence-corrected chi connectivity index (χ0v) is 11.4. The second-order valence-electron chi connectivity index (χ2n) is 3.41. The Morgan fingerprint density at radius 1 is 1.33 bits per heavy atom. The van der Waals surface area contributed by atoms with Crippen molar-refractivity contribution in [2.75, 3.05) is 0 Å². The Labute approximate surface area is 107 Å². The van der Waals surface area contributed by atoms with Crippen molar-refractivity contribution in [1.29, 1.82) is 0 Å². The SMILES string of the molecule is Cc1cccc(C(Br)c2sccc2Cl)c1. The topological polar surface area (TPSA) is 0 Å². The highest BCUT2D eigenvalue weighted by molar-refractivity contribution is 9.09. The molecule has 0 aliphatic carbocycles. The molecule has 1 unspecified atom stereocenters. The van der Waals surface area contributed by atoms with Gasteiger partial charge in [-0.1, -0.05) is 57.4 Å². The first kappa shape index (κ1) is 11.2. The molecule has 3 heteroatoms. The number of hydrogen-bond acceptors (Lipinski definition) is 1. The monoisotopic (exact) mass is 300 g/mol. The Hall–Kier alpha value is -0.310. The van der Waals surface area contributed by atoms with Crippen molar-refractivity contribution in [3.05, 3.63) is 56.7 Å². The fourth-order valence-electron chi connectivity index (χ4n) is 1.47. The predicted octanol–water partition coefficient (Wildman–Crippen LogP) is 5.19. The molecule has 0 nitrogen and oxygen atoms in total. The highest BCUT2D eigenvalue weighted by atomic mass is 79.9. The van der Waals surface area contributed by atoms with Gasteiger partial charge in [-0.15, -0.1) is 11.3 Å². The van der Waals surface area contributed by atoms with E-state index in [1.165, 1.54) is 16.0 Å². The van der Waals surface area contributed by atoms with E-state index in [0.29, 0.717) is 0 Å². The Morgan fingerprint density at radius 2 is 2.13 bits per heavy atom. The first-order valence-electron chi connectivity index (χ1n) is 4.62. The molecular weight excluding hydrogens is 292 g/mol. The fraction of sp³-hybridized carbons (Fsp3) is 0.167. The highest BCUT2D eigenvalue weighted by Gasteiger charge is 2.14. The number of halogens is 2. The summed E-state index contributed by atoms with van der Waals surface area (Å²) in [5, 5.41) is 2.85. The summed E-state index contributed by atoms with van der Waals surface area (Å²) >= 11 is 11.5. The first-order chi connectivity index (χ1) is 7.18. The molecule has 0 fully saturated rings. The van der Waals surface area contributed by atoms with Gasteiger partial charge in [-0.25, -0.2) is 0 Å². The third-order valence-corrected chi connectivity index (χ3v) is 4.92. The molecule has 2 rings (SSSR count). The molecule has 1 aromatic heterocycles. The van der Waals surface area contributed by atoms with Crippen molar-refractivity contribution >= 4 is 38.9 Å². The zero-order chi connectivity index (χ0) is 10.8. The molecule has 0 N–H and O–H groups in total. The van der Waals surface area contributed by atoms with Crippen LogP contribution in [0.2, 0.25) is 5.02 Å². The standard InChI is InChI=1S/C12H10BrClS/c1-8-3-2-4-9(7-8)11(13)12-10(14)5-6-15-12/h2-7,11H,1H3. The van der Waals surface area contributed by atoms with Gasteiger partial charge in [-0.05, 0) is 23.9 Å². The number of alkyl halides is 1. The molecule has 0 saturated heterocycles. The molecule has 0 spiro atoms. The first-order valence-corrected chi connectivity index (χ1v) is 6.79. The molecule has 0 bridgehead atoms. The summed E-state index contributed by atoms with van der Waals surface area (Å²) in [6.45, 7) is 2.10. The van der Waals surface area contributed by atoms with Crippen LogP contribution >= 0.6 is 38.9 Å². The van der Waals surface area contributed by atoms with Gasteiger partial charge < -0.3 is 0 Å². The second-order valence-corrected chi connectivity index (χ2v) is 5.68. The summed E-state index contributed by atoms with van der Waals surface area (Å²) in [5.41, 5.74) is 2.52. The summed E-state index contributed by atoms with van der Waals surface area (Å²) in [7, 11) is 0. The van der Waals surface area contributed by atoms with Crippen molar-refractivity contribution in [2.45, 2.75) is 11.8 Å². The van der Waals surface area contributed by atoms with Crippen LogP contribution in [0.1, 0.15) is 20.8 Å². The third kappa shape index (κ3) is 2.44. The summed E-state index contributed by atoms with van der Waals surface area (Å²) in [5.74, 6) is 0. The van der Waals surface area contributed by atoms with Gasteiger partial charge in [0.05, 0.1) is 9.85 Å². The number of thiophene rings is 1. The molecule has 0 amide bonds. The van der Waals surface area contributed by atoms with Crippen molar-refractivity contribution in [2.24, 2.45) is 0 Å². The van der Waals surface area contributed by atoms with E-state index in [1.807, 2.05) is 11.4 Å². The summed E-state index contributed by atoms with van der Waals surface area (Å²) < 4.78 is 0. The van der Waals surface area contributed by atoms with Gasteiger partial charge in [-0.2, -0.15) is 0 Å². The van der Waals surface area contributed by atoms with Crippen LogP contribution in [0.25, 0.3) is 0 Å². The minimum Gasteiger partial charge on any atom is -0.146 e. The molecule has 1 aromatic carbocycles. The van der Waals surface area contributed by atoms with Crippen LogP contribution in [-0.4, -0.2) is 0 Å². The predicted molar refractivity (Wildman–Crippen MR) is 71.3 cm³/mol. The maximum Gasteiger partial charge on any atom is 0.0753 e. The van der Waals surface area contributed by atoms with Gasteiger partial charge in [0.25, 0.3) is 0 Å². The van der Waals surface area contributed by atoms with E-state index in [9.17, 15) is 0 Å². The van der Waals surface area contributed by atoms with E-state index in [0.717, 1.165) is 5.02 Å². The lowest BCUT2D eigenvalue weighted by Gasteiger charge is -2.09. The molecule has 0 radical (unpaired) electrons. The van der Waals surface area contributed by atoms with Gasteiger partial charge in [0.15, 0.2) is 0 Å². The van der Waals surface area contributed by atoms with E-state index in [-0.39, 0.29) is 4.83 Å². The van der Waals surface area contributed by atoms with E-state index >= 15 is 0 Å². The van der Waals surface area contributed by atoms with Gasteiger partial charge in [-0.3, -0.25) is 0 Å². The number of benzene rings is 1. The normalized spacial score (nSPS) is 12.7.